The smallest absolute Gasteiger partial charge is 0.338 e. The summed E-state index contributed by atoms with van der Waals surface area (Å²) in [6.07, 6.45) is -0.122. The Morgan fingerprint density at radius 3 is 2.74 bits per heavy atom. The molecule has 23 heavy (non-hydrogen) atoms. The van der Waals surface area contributed by atoms with Crippen molar-refractivity contribution in [2.24, 2.45) is 0 Å². The molecule has 1 N–H and O–H groups in total. The lowest BCUT2D eigenvalue weighted by Gasteiger charge is -2.07. The van der Waals surface area contributed by atoms with Gasteiger partial charge in [0.05, 0.1) is 21.9 Å². The molecule has 3 rings (SSSR count). The number of benzene rings is 2. The van der Waals surface area contributed by atoms with Gasteiger partial charge in [0.25, 0.3) is 0 Å². The van der Waals surface area contributed by atoms with Crippen LogP contribution < -0.4 is 5.32 Å². The van der Waals surface area contributed by atoms with Gasteiger partial charge >= 0.3 is 5.97 Å². The van der Waals surface area contributed by atoms with Gasteiger partial charge < -0.3 is 10.1 Å². The predicted molar refractivity (Wildman–Crippen MR) is 93.9 cm³/mol. The number of aromatic nitrogens is 1. The summed E-state index contributed by atoms with van der Waals surface area (Å²) in [5, 5.41) is 4.17. The van der Waals surface area contributed by atoms with E-state index in [4.69, 9.17) is 4.74 Å². The van der Waals surface area contributed by atoms with Crippen LogP contribution in [0.15, 0.2) is 48.5 Å². The van der Waals surface area contributed by atoms with Crippen molar-refractivity contribution in [3.05, 3.63) is 59.7 Å². The SMILES string of the molecule is CC(C)OC(=O)c1ccc2nc(NCc3ccccc3)sc2c1. The van der Waals surface area contributed by atoms with E-state index < -0.39 is 0 Å². The molecule has 5 heteroatoms. The van der Waals surface area contributed by atoms with E-state index in [9.17, 15) is 4.79 Å². The number of ether oxygens (including phenoxy) is 1. The van der Waals surface area contributed by atoms with E-state index in [0.29, 0.717) is 5.56 Å². The van der Waals surface area contributed by atoms with Crippen LogP contribution in [-0.4, -0.2) is 17.1 Å². The molecule has 0 aliphatic rings. The maximum absolute atomic E-state index is 12.0. The third-order valence-corrected chi connectivity index (χ3v) is 4.23. The van der Waals surface area contributed by atoms with Crippen molar-refractivity contribution in [3.63, 3.8) is 0 Å². The highest BCUT2D eigenvalue weighted by molar-refractivity contribution is 7.22. The largest absolute Gasteiger partial charge is 0.459 e. The maximum atomic E-state index is 12.0. The van der Waals surface area contributed by atoms with Gasteiger partial charge in [-0.1, -0.05) is 41.7 Å². The van der Waals surface area contributed by atoms with Crippen molar-refractivity contribution in [2.75, 3.05) is 5.32 Å². The van der Waals surface area contributed by atoms with Crippen LogP contribution in [0.3, 0.4) is 0 Å². The first kappa shape index (κ1) is 15.5. The molecule has 0 saturated heterocycles. The number of carbonyl (C=O) groups excluding carboxylic acids is 1. The van der Waals surface area contributed by atoms with E-state index >= 15 is 0 Å². The Kier molecular flexibility index (Phi) is 4.57. The average Bonchev–Trinajstić information content (AvgIpc) is 2.95. The second-order valence-corrected chi connectivity index (χ2v) is 6.53. The van der Waals surface area contributed by atoms with Gasteiger partial charge in [0, 0.05) is 6.54 Å². The second kappa shape index (κ2) is 6.79. The summed E-state index contributed by atoms with van der Waals surface area (Å²) in [6.45, 7) is 4.41. The van der Waals surface area contributed by atoms with Gasteiger partial charge in [0.1, 0.15) is 0 Å². The molecule has 2 aromatic carbocycles. The minimum atomic E-state index is -0.297. The molecule has 0 fully saturated rings. The van der Waals surface area contributed by atoms with E-state index in [-0.39, 0.29) is 12.1 Å². The highest BCUT2D eigenvalue weighted by atomic mass is 32.1. The van der Waals surface area contributed by atoms with Gasteiger partial charge in [-0.3, -0.25) is 0 Å². The van der Waals surface area contributed by atoms with Gasteiger partial charge in [0.2, 0.25) is 0 Å². The number of carbonyl (C=O) groups is 1. The molecule has 0 spiro atoms. The zero-order valence-electron chi connectivity index (χ0n) is 13.1. The van der Waals surface area contributed by atoms with E-state index in [2.05, 4.69) is 22.4 Å². The van der Waals surface area contributed by atoms with Crippen LogP contribution in [0.2, 0.25) is 0 Å². The predicted octanol–water partition coefficient (Wildman–Crippen LogP) is 4.47. The molecular weight excluding hydrogens is 308 g/mol. The minimum Gasteiger partial charge on any atom is -0.459 e. The Morgan fingerprint density at radius 2 is 2.00 bits per heavy atom. The molecule has 0 bridgehead atoms. The number of thiazole rings is 1. The van der Waals surface area contributed by atoms with Gasteiger partial charge in [0.15, 0.2) is 5.13 Å². The molecule has 118 valence electrons. The fraction of sp³-hybridized carbons (Fsp3) is 0.222. The van der Waals surface area contributed by atoms with E-state index in [1.54, 1.807) is 6.07 Å². The lowest BCUT2D eigenvalue weighted by atomic mass is 10.2. The van der Waals surface area contributed by atoms with Gasteiger partial charge in [-0.25, -0.2) is 9.78 Å². The topological polar surface area (TPSA) is 51.2 Å². The number of nitrogens with zero attached hydrogens (tertiary/aromatic N) is 1. The Bertz CT molecular complexity index is 812. The molecular formula is C18H18N2O2S. The molecule has 0 atom stereocenters. The quantitative estimate of drug-likeness (QED) is 0.703. The normalized spacial score (nSPS) is 10.9. The number of rotatable bonds is 5. The molecule has 4 nitrogen and oxygen atoms in total. The average molecular weight is 326 g/mol. The highest BCUT2D eigenvalue weighted by Crippen LogP contribution is 2.27. The second-order valence-electron chi connectivity index (χ2n) is 5.49. The molecule has 0 radical (unpaired) electrons. The Balaban J connectivity index is 1.75. The summed E-state index contributed by atoms with van der Waals surface area (Å²) >= 11 is 1.54. The minimum absolute atomic E-state index is 0.122. The Labute approximate surface area is 139 Å². The lowest BCUT2D eigenvalue weighted by Crippen LogP contribution is -2.11. The third-order valence-electron chi connectivity index (χ3n) is 3.25. The number of nitrogens with one attached hydrogen (secondary N) is 1. The van der Waals surface area contributed by atoms with Crippen molar-refractivity contribution in [1.82, 2.24) is 4.98 Å². The van der Waals surface area contributed by atoms with Crippen LogP contribution >= 0.6 is 11.3 Å². The number of anilines is 1. The van der Waals surface area contributed by atoms with Crippen molar-refractivity contribution in [2.45, 2.75) is 26.5 Å². The first-order chi connectivity index (χ1) is 11.1. The number of fused-ring (bicyclic) bond motifs is 1. The van der Waals surface area contributed by atoms with Crippen LogP contribution in [0.4, 0.5) is 5.13 Å². The Morgan fingerprint density at radius 1 is 1.22 bits per heavy atom. The lowest BCUT2D eigenvalue weighted by molar-refractivity contribution is 0.0378. The van der Waals surface area contributed by atoms with Crippen LogP contribution in [0, 0.1) is 0 Å². The van der Waals surface area contributed by atoms with Gasteiger partial charge in [-0.2, -0.15) is 0 Å². The molecule has 0 unspecified atom stereocenters. The molecule has 0 aliphatic carbocycles. The molecule has 1 aromatic heterocycles. The number of hydrogen-bond donors (Lipinski definition) is 1. The zero-order valence-corrected chi connectivity index (χ0v) is 13.9. The van der Waals surface area contributed by atoms with Crippen molar-refractivity contribution in [3.8, 4) is 0 Å². The van der Waals surface area contributed by atoms with Crippen LogP contribution in [0.5, 0.6) is 0 Å². The van der Waals surface area contributed by atoms with Gasteiger partial charge in [-0.05, 0) is 37.6 Å². The van der Waals surface area contributed by atoms with E-state index in [0.717, 1.165) is 21.9 Å². The van der Waals surface area contributed by atoms with E-state index in [1.807, 2.05) is 44.2 Å². The van der Waals surface area contributed by atoms with E-state index in [1.165, 1.54) is 16.9 Å². The zero-order chi connectivity index (χ0) is 16.2. The van der Waals surface area contributed by atoms with Crippen LogP contribution in [0.1, 0.15) is 29.8 Å². The Hall–Kier alpha value is -2.40. The third kappa shape index (κ3) is 3.87. The molecule has 1 heterocycles. The summed E-state index contributed by atoms with van der Waals surface area (Å²) < 4.78 is 6.20. The first-order valence-electron chi connectivity index (χ1n) is 7.51. The molecule has 0 saturated carbocycles. The summed E-state index contributed by atoms with van der Waals surface area (Å²) in [6, 6.07) is 15.6. The standard InChI is InChI=1S/C18H18N2O2S/c1-12(2)22-17(21)14-8-9-15-16(10-14)23-18(20-15)19-11-13-6-4-3-5-7-13/h3-10,12H,11H2,1-2H3,(H,19,20). The summed E-state index contributed by atoms with van der Waals surface area (Å²) in [7, 11) is 0. The summed E-state index contributed by atoms with van der Waals surface area (Å²) in [4.78, 5) is 16.5. The molecule has 0 aliphatic heterocycles. The monoisotopic (exact) mass is 326 g/mol. The fourth-order valence-corrected chi connectivity index (χ4v) is 3.08. The fourth-order valence-electron chi connectivity index (χ4n) is 2.18. The van der Waals surface area contributed by atoms with Crippen LogP contribution in [0.25, 0.3) is 10.2 Å². The number of esters is 1. The first-order valence-corrected chi connectivity index (χ1v) is 8.33. The van der Waals surface area contributed by atoms with Crippen molar-refractivity contribution >= 4 is 32.7 Å². The maximum Gasteiger partial charge on any atom is 0.338 e. The highest BCUT2D eigenvalue weighted by Gasteiger charge is 2.12. The molecule has 0 amide bonds. The van der Waals surface area contributed by atoms with Crippen molar-refractivity contribution < 1.29 is 9.53 Å². The molecule has 3 aromatic rings. The van der Waals surface area contributed by atoms with Gasteiger partial charge in [-0.15, -0.1) is 0 Å². The summed E-state index contributed by atoms with van der Waals surface area (Å²) in [5.41, 5.74) is 2.64. The van der Waals surface area contributed by atoms with Crippen LogP contribution in [-0.2, 0) is 11.3 Å². The summed E-state index contributed by atoms with van der Waals surface area (Å²) in [5.74, 6) is -0.297. The number of hydrogen-bond acceptors (Lipinski definition) is 5. The van der Waals surface area contributed by atoms with Crippen molar-refractivity contribution in [1.29, 1.82) is 0 Å².